The maximum atomic E-state index is 13.3. The zero-order valence-electron chi connectivity index (χ0n) is 19.2. The summed E-state index contributed by atoms with van der Waals surface area (Å²) in [7, 11) is 1.69. The van der Waals surface area contributed by atoms with E-state index in [2.05, 4.69) is 22.8 Å². The fourth-order valence-corrected chi connectivity index (χ4v) is 3.66. The minimum absolute atomic E-state index is 0.0383. The molecule has 0 spiro atoms. The Labute approximate surface area is 195 Å². The summed E-state index contributed by atoms with van der Waals surface area (Å²) in [5.74, 6) is -0.696. The zero-order valence-corrected chi connectivity index (χ0v) is 19.2. The van der Waals surface area contributed by atoms with Crippen molar-refractivity contribution in [3.8, 4) is 0 Å². The highest BCUT2D eigenvalue weighted by molar-refractivity contribution is 5.93. The first-order chi connectivity index (χ1) is 16.0. The maximum absolute atomic E-state index is 13.3. The molecule has 0 saturated carbocycles. The first-order valence-corrected chi connectivity index (χ1v) is 11.3. The van der Waals surface area contributed by atoms with Gasteiger partial charge in [0.25, 0.3) is 0 Å². The Bertz CT molecular complexity index is 962. The second kappa shape index (κ2) is 12.0. The van der Waals surface area contributed by atoms with E-state index in [0.717, 1.165) is 18.4 Å². The van der Waals surface area contributed by atoms with E-state index >= 15 is 0 Å². The molecule has 0 aliphatic carbocycles. The van der Waals surface area contributed by atoms with E-state index in [4.69, 9.17) is 0 Å². The Morgan fingerprint density at radius 3 is 2.21 bits per heavy atom. The lowest BCUT2D eigenvalue weighted by molar-refractivity contribution is -0.140. The molecular weight excluding hydrogens is 416 g/mol. The Hall–Kier alpha value is -3.45. The summed E-state index contributed by atoms with van der Waals surface area (Å²) >= 11 is 0. The van der Waals surface area contributed by atoms with Crippen molar-refractivity contribution in [1.82, 2.24) is 20.4 Å². The molecule has 7 heteroatoms. The smallest absolute Gasteiger partial charge is 0.249 e. The van der Waals surface area contributed by atoms with E-state index in [-0.39, 0.29) is 24.3 Å². The minimum Gasteiger partial charge on any atom is -0.343 e. The fraction of sp³-hybridized carbons (Fsp3) is 0.346. The van der Waals surface area contributed by atoms with Gasteiger partial charge in [-0.2, -0.15) is 0 Å². The van der Waals surface area contributed by atoms with Gasteiger partial charge in [0.2, 0.25) is 17.7 Å². The highest BCUT2D eigenvalue weighted by Gasteiger charge is 2.30. The van der Waals surface area contributed by atoms with Gasteiger partial charge in [-0.15, -0.1) is 0 Å². The highest BCUT2D eigenvalue weighted by Crippen LogP contribution is 2.12. The summed E-state index contributed by atoms with van der Waals surface area (Å²) < 4.78 is 0. The first kappa shape index (κ1) is 24.2. The van der Waals surface area contributed by atoms with Gasteiger partial charge >= 0.3 is 0 Å². The van der Waals surface area contributed by atoms with Gasteiger partial charge in [-0.1, -0.05) is 60.7 Å². The lowest BCUT2D eigenvalue weighted by Gasteiger charge is -2.31. The standard InChI is InChI=1S/C26H32N4O3/c1-20(27-2)25(32)28-23(18-22-12-7-4-8-13-22)26(33)30-17-16-29(24(31)19-30)15-9-14-21-10-5-3-6-11-21/h3-8,10-13,16-17,20,23,27H,9,14-15,18-19H2,1-2H3,(H,28,32)/t20-,23-/m0/s1. The molecule has 0 saturated heterocycles. The van der Waals surface area contributed by atoms with Crippen LogP contribution in [0.3, 0.4) is 0 Å². The number of carbonyl (C=O) groups is 3. The van der Waals surface area contributed by atoms with E-state index in [0.29, 0.717) is 13.0 Å². The van der Waals surface area contributed by atoms with Crippen LogP contribution in [-0.2, 0) is 27.2 Å². The Kier molecular flexibility index (Phi) is 8.78. The fourth-order valence-electron chi connectivity index (χ4n) is 3.66. The number of aryl methyl sites for hydroxylation is 1. The molecule has 2 N–H and O–H groups in total. The average molecular weight is 449 g/mol. The van der Waals surface area contributed by atoms with Crippen molar-refractivity contribution in [2.24, 2.45) is 0 Å². The maximum Gasteiger partial charge on any atom is 0.249 e. The van der Waals surface area contributed by atoms with Crippen molar-refractivity contribution in [1.29, 1.82) is 0 Å². The van der Waals surface area contributed by atoms with E-state index in [9.17, 15) is 14.4 Å². The number of carbonyl (C=O) groups excluding carboxylic acids is 3. The minimum atomic E-state index is -0.766. The van der Waals surface area contributed by atoms with E-state index < -0.39 is 12.1 Å². The molecule has 0 radical (unpaired) electrons. The topological polar surface area (TPSA) is 81.8 Å². The summed E-state index contributed by atoms with van der Waals surface area (Å²) in [6.45, 7) is 2.29. The molecule has 3 amide bonds. The molecule has 1 aliphatic heterocycles. The number of nitrogens with zero attached hydrogens (tertiary/aromatic N) is 2. The van der Waals surface area contributed by atoms with Crippen LogP contribution in [0.1, 0.15) is 24.5 Å². The van der Waals surface area contributed by atoms with Crippen LogP contribution in [0.25, 0.3) is 0 Å². The monoisotopic (exact) mass is 448 g/mol. The SMILES string of the molecule is CN[C@@H](C)C(=O)N[C@@H](Cc1ccccc1)C(=O)N1C=CN(CCCc2ccccc2)C(=O)C1. The normalized spacial score (nSPS) is 15.3. The van der Waals surface area contributed by atoms with Gasteiger partial charge in [0, 0.05) is 25.4 Å². The van der Waals surface area contributed by atoms with Crippen molar-refractivity contribution in [3.05, 3.63) is 84.2 Å². The van der Waals surface area contributed by atoms with Gasteiger partial charge in [-0.25, -0.2) is 0 Å². The first-order valence-electron chi connectivity index (χ1n) is 11.3. The summed E-state index contributed by atoms with van der Waals surface area (Å²) in [6.07, 6.45) is 5.37. The van der Waals surface area contributed by atoms with Gasteiger partial charge in [0.1, 0.15) is 12.6 Å². The number of rotatable bonds is 10. The van der Waals surface area contributed by atoms with Crippen molar-refractivity contribution in [2.45, 2.75) is 38.3 Å². The van der Waals surface area contributed by atoms with Crippen molar-refractivity contribution in [2.75, 3.05) is 20.1 Å². The van der Waals surface area contributed by atoms with Gasteiger partial charge in [-0.3, -0.25) is 14.4 Å². The molecule has 0 fully saturated rings. The second-order valence-electron chi connectivity index (χ2n) is 8.20. The summed E-state index contributed by atoms with van der Waals surface area (Å²) in [6, 6.07) is 18.5. The van der Waals surface area contributed by atoms with Crippen LogP contribution >= 0.6 is 0 Å². The molecule has 3 rings (SSSR count). The second-order valence-corrected chi connectivity index (χ2v) is 8.20. The summed E-state index contributed by atoms with van der Waals surface area (Å²) in [4.78, 5) is 41.5. The number of likely N-dealkylation sites (N-methyl/N-ethyl adjacent to an activating group) is 1. The van der Waals surface area contributed by atoms with E-state index in [1.807, 2.05) is 48.5 Å². The van der Waals surface area contributed by atoms with Crippen molar-refractivity contribution >= 4 is 17.7 Å². The zero-order chi connectivity index (χ0) is 23.6. The lowest BCUT2D eigenvalue weighted by atomic mass is 10.0. The van der Waals surface area contributed by atoms with Gasteiger partial charge < -0.3 is 20.4 Å². The van der Waals surface area contributed by atoms with Crippen molar-refractivity contribution < 1.29 is 14.4 Å². The molecule has 0 bridgehead atoms. The molecule has 1 aliphatic rings. The summed E-state index contributed by atoms with van der Waals surface area (Å²) in [5, 5.41) is 5.73. The van der Waals surface area contributed by atoms with Crippen LogP contribution in [0.4, 0.5) is 0 Å². The quantitative estimate of drug-likeness (QED) is 0.583. The average Bonchev–Trinajstić information content (AvgIpc) is 2.84. The number of amides is 3. The predicted molar refractivity (Wildman–Crippen MR) is 128 cm³/mol. The number of hydrogen-bond donors (Lipinski definition) is 2. The molecule has 174 valence electrons. The third-order valence-corrected chi connectivity index (χ3v) is 5.77. The van der Waals surface area contributed by atoms with Crippen LogP contribution in [0.2, 0.25) is 0 Å². The van der Waals surface area contributed by atoms with Gasteiger partial charge in [0.15, 0.2) is 0 Å². The molecule has 2 aromatic rings. The molecule has 7 nitrogen and oxygen atoms in total. The molecule has 33 heavy (non-hydrogen) atoms. The summed E-state index contributed by atoms with van der Waals surface area (Å²) in [5.41, 5.74) is 2.17. The number of nitrogens with one attached hydrogen (secondary N) is 2. The van der Waals surface area contributed by atoms with Crippen molar-refractivity contribution in [3.63, 3.8) is 0 Å². The molecule has 1 heterocycles. The number of hydrogen-bond acceptors (Lipinski definition) is 4. The van der Waals surface area contributed by atoms with Crippen LogP contribution in [0, 0.1) is 0 Å². The Morgan fingerprint density at radius 2 is 1.61 bits per heavy atom. The molecular formula is C26H32N4O3. The predicted octanol–water partition coefficient (Wildman–Crippen LogP) is 2.10. The molecule has 2 atom stereocenters. The third-order valence-electron chi connectivity index (χ3n) is 5.77. The van der Waals surface area contributed by atoms with Crippen LogP contribution in [-0.4, -0.2) is 59.7 Å². The Balaban J connectivity index is 1.63. The van der Waals surface area contributed by atoms with Gasteiger partial charge in [0.05, 0.1) is 6.04 Å². The van der Waals surface area contributed by atoms with Crippen LogP contribution in [0.15, 0.2) is 73.1 Å². The van der Waals surface area contributed by atoms with Crippen LogP contribution in [0.5, 0.6) is 0 Å². The van der Waals surface area contributed by atoms with Crippen LogP contribution < -0.4 is 10.6 Å². The Morgan fingerprint density at radius 1 is 0.970 bits per heavy atom. The number of benzene rings is 2. The molecule has 0 aromatic heterocycles. The largest absolute Gasteiger partial charge is 0.343 e. The molecule has 0 unspecified atom stereocenters. The third kappa shape index (κ3) is 7.02. The highest BCUT2D eigenvalue weighted by atomic mass is 16.2. The lowest BCUT2D eigenvalue weighted by Crippen LogP contribution is -2.54. The van der Waals surface area contributed by atoms with E-state index in [1.54, 1.807) is 31.3 Å². The molecule has 2 aromatic carbocycles. The van der Waals surface area contributed by atoms with Gasteiger partial charge in [-0.05, 0) is 37.9 Å². The van der Waals surface area contributed by atoms with E-state index in [1.165, 1.54) is 10.5 Å².